The van der Waals surface area contributed by atoms with Gasteiger partial charge in [-0.25, -0.2) is 5.10 Å². The van der Waals surface area contributed by atoms with Crippen LogP contribution >= 0.6 is 0 Å². The SMILES string of the molecule is CC1(COc2ccc(Cc3nnn[nH]3)cc2)CCCC/C1=N\O. The van der Waals surface area contributed by atoms with Gasteiger partial charge in [0.1, 0.15) is 5.75 Å². The van der Waals surface area contributed by atoms with Crippen LogP contribution in [0.4, 0.5) is 0 Å². The monoisotopic (exact) mass is 315 g/mol. The maximum atomic E-state index is 9.20. The molecule has 7 nitrogen and oxygen atoms in total. The summed E-state index contributed by atoms with van der Waals surface area (Å²) in [7, 11) is 0. The number of hydrogen-bond acceptors (Lipinski definition) is 6. The van der Waals surface area contributed by atoms with E-state index in [0.29, 0.717) is 13.0 Å². The summed E-state index contributed by atoms with van der Waals surface area (Å²) >= 11 is 0. The molecule has 0 saturated heterocycles. The van der Waals surface area contributed by atoms with Gasteiger partial charge in [-0.1, -0.05) is 30.6 Å². The van der Waals surface area contributed by atoms with E-state index in [1.54, 1.807) is 0 Å². The van der Waals surface area contributed by atoms with Crippen LogP contribution in [-0.2, 0) is 6.42 Å². The number of aromatic nitrogens is 4. The molecule has 0 spiro atoms. The van der Waals surface area contributed by atoms with Crippen LogP contribution in [0.25, 0.3) is 0 Å². The predicted octanol–water partition coefficient (Wildman–Crippen LogP) is 2.58. The van der Waals surface area contributed by atoms with Gasteiger partial charge in [0.05, 0.1) is 12.3 Å². The Hall–Kier alpha value is -2.44. The second kappa shape index (κ2) is 6.76. The first-order valence-electron chi connectivity index (χ1n) is 7.85. The van der Waals surface area contributed by atoms with Crippen molar-refractivity contribution in [2.75, 3.05) is 6.61 Å². The van der Waals surface area contributed by atoms with Gasteiger partial charge in [0.2, 0.25) is 0 Å². The molecule has 1 saturated carbocycles. The van der Waals surface area contributed by atoms with E-state index in [9.17, 15) is 5.21 Å². The summed E-state index contributed by atoms with van der Waals surface area (Å²) in [6.07, 6.45) is 4.72. The molecule has 1 aromatic carbocycles. The molecule has 1 aromatic heterocycles. The minimum absolute atomic E-state index is 0.183. The molecule has 0 aliphatic heterocycles. The second-order valence-corrected chi connectivity index (χ2v) is 6.27. The highest BCUT2D eigenvalue weighted by molar-refractivity contribution is 5.90. The average molecular weight is 315 g/mol. The summed E-state index contributed by atoms with van der Waals surface area (Å²) in [5, 5.41) is 26.4. The molecule has 1 atom stereocenters. The van der Waals surface area contributed by atoms with Gasteiger partial charge in [0, 0.05) is 11.8 Å². The van der Waals surface area contributed by atoms with E-state index in [0.717, 1.165) is 48.5 Å². The van der Waals surface area contributed by atoms with Gasteiger partial charge in [-0.05, 0) is 47.4 Å². The van der Waals surface area contributed by atoms with Crippen LogP contribution in [0.3, 0.4) is 0 Å². The number of H-pyrrole nitrogens is 1. The molecule has 0 bridgehead atoms. The fraction of sp³-hybridized carbons (Fsp3) is 0.500. The van der Waals surface area contributed by atoms with Crippen molar-refractivity contribution in [1.29, 1.82) is 0 Å². The van der Waals surface area contributed by atoms with Gasteiger partial charge in [-0.15, -0.1) is 5.10 Å². The first kappa shape index (κ1) is 15.5. The smallest absolute Gasteiger partial charge is 0.152 e. The molecule has 2 N–H and O–H groups in total. The lowest BCUT2D eigenvalue weighted by molar-refractivity contribution is 0.190. The van der Waals surface area contributed by atoms with Gasteiger partial charge in [0.15, 0.2) is 5.82 Å². The van der Waals surface area contributed by atoms with Gasteiger partial charge in [-0.2, -0.15) is 0 Å². The number of aromatic amines is 1. The molecular weight excluding hydrogens is 294 g/mol. The van der Waals surface area contributed by atoms with Crippen LogP contribution < -0.4 is 4.74 Å². The molecule has 0 amide bonds. The Kier molecular flexibility index (Phi) is 4.55. The lowest BCUT2D eigenvalue weighted by atomic mass is 9.74. The first-order valence-corrected chi connectivity index (χ1v) is 7.85. The van der Waals surface area contributed by atoms with Gasteiger partial charge in [-0.3, -0.25) is 0 Å². The minimum Gasteiger partial charge on any atom is -0.493 e. The number of nitrogens with one attached hydrogen (secondary N) is 1. The lowest BCUT2D eigenvalue weighted by Gasteiger charge is -2.33. The molecule has 1 unspecified atom stereocenters. The van der Waals surface area contributed by atoms with E-state index in [1.165, 1.54) is 0 Å². The van der Waals surface area contributed by atoms with Gasteiger partial charge >= 0.3 is 0 Å². The number of benzene rings is 1. The van der Waals surface area contributed by atoms with Crippen LogP contribution in [0.15, 0.2) is 29.4 Å². The quantitative estimate of drug-likeness (QED) is 0.653. The molecule has 1 aliphatic rings. The molecule has 2 aromatic rings. The molecule has 1 heterocycles. The number of nitrogens with zero attached hydrogens (tertiary/aromatic N) is 4. The minimum atomic E-state index is -0.183. The van der Waals surface area contributed by atoms with Crippen LogP contribution in [0, 0.1) is 5.41 Å². The fourth-order valence-corrected chi connectivity index (χ4v) is 2.97. The highest BCUT2D eigenvalue weighted by atomic mass is 16.5. The summed E-state index contributed by atoms with van der Waals surface area (Å²) < 4.78 is 5.93. The topological polar surface area (TPSA) is 96.3 Å². The molecule has 1 aliphatic carbocycles. The maximum absolute atomic E-state index is 9.20. The zero-order valence-corrected chi connectivity index (χ0v) is 13.2. The molecular formula is C16H21N5O2. The van der Waals surface area contributed by atoms with Crippen LogP contribution in [0.2, 0.25) is 0 Å². The molecule has 7 heteroatoms. The molecule has 1 fully saturated rings. The normalized spacial score (nSPS) is 23.1. The van der Waals surface area contributed by atoms with Crippen molar-refractivity contribution in [2.45, 2.75) is 39.0 Å². The third-order valence-electron chi connectivity index (χ3n) is 4.45. The molecule has 0 radical (unpaired) electrons. The van der Waals surface area contributed by atoms with Gasteiger partial charge in [0.25, 0.3) is 0 Å². The molecule has 3 rings (SSSR count). The summed E-state index contributed by atoms with van der Waals surface area (Å²) in [6.45, 7) is 2.63. The van der Waals surface area contributed by atoms with E-state index in [1.807, 2.05) is 24.3 Å². The van der Waals surface area contributed by atoms with Crippen LogP contribution in [0.1, 0.15) is 44.0 Å². The Morgan fingerprint density at radius 2 is 2.13 bits per heavy atom. The maximum Gasteiger partial charge on any atom is 0.152 e. The Balaban J connectivity index is 1.60. The van der Waals surface area contributed by atoms with Crippen molar-refractivity contribution in [3.05, 3.63) is 35.7 Å². The zero-order valence-electron chi connectivity index (χ0n) is 13.2. The molecule has 122 valence electrons. The fourth-order valence-electron chi connectivity index (χ4n) is 2.97. The first-order chi connectivity index (χ1) is 11.2. The second-order valence-electron chi connectivity index (χ2n) is 6.27. The zero-order chi connectivity index (χ0) is 16.1. The lowest BCUT2D eigenvalue weighted by Crippen LogP contribution is -2.37. The van der Waals surface area contributed by atoms with Crippen molar-refractivity contribution in [3.8, 4) is 5.75 Å². The third-order valence-corrected chi connectivity index (χ3v) is 4.45. The Bertz CT molecular complexity index is 654. The number of oxime groups is 1. The molecule has 23 heavy (non-hydrogen) atoms. The number of tetrazole rings is 1. The Morgan fingerprint density at radius 1 is 1.30 bits per heavy atom. The summed E-state index contributed by atoms with van der Waals surface area (Å²) in [6, 6.07) is 7.90. The van der Waals surface area contributed by atoms with Crippen LogP contribution in [0.5, 0.6) is 5.75 Å². The summed E-state index contributed by atoms with van der Waals surface area (Å²) in [4.78, 5) is 0. The van der Waals surface area contributed by atoms with Crippen molar-refractivity contribution in [1.82, 2.24) is 20.6 Å². The Labute approximate surface area is 134 Å². The number of rotatable bonds is 5. The number of hydrogen-bond donors (Lipinski definition) is 2. The summed E-state index contributed by atoms with van der Waals surface area (Å²) in [5.41, 5.74) is 1.77. The van der Waals surface area contributed by atoms with Crippen molar-refractivity contribution >= 4 is 5.71 Å². The largest absolute Gasteiger partial charge is 0.493 e. The van der Waals surface area contributed by atoms with E-state index >= 15 is 0 Å². The van der Waals surface area contributed by atoms with Gasteiger partial charge < -0.3 is 9.94 Å². The highest BCUT2D eigenvalue weighted by Crippen LogP contribution is 2.34. The highest BCUT2D eigenvalue weighted by Gasteiger charge is 2.34. The van der Waals surface area contributed by atoms with E-state index in [-0.39, 0.29) is 5.41 Å². The standard InChI is InChI=1S/C16H21N5O2/c1-16(9-3-2-4-14(16)19-22)11-23-13-7-5-12(6-8-13)10-15-17-20-21-18-15/h5-8,22H,2-4,9-11H2,1H3,(H,17,18,20,21)/b19-14+. The van der Waals surface area contributed by atoms with Crippen molar-refractivity contribution in [3.63, 3.8) is 0 Å². The van der Waals surface area contributed by atoms with Crippen LogP contribution in [-0.4, -0.2) is 38.1 Å². The van der Waals surface area contributed by atoms with E-state index in [4.69, 9.17) is 4.74 Å². The van der Waals surface area contributed by atoms with Crippen molar-refractivity contribution < 1.29 is 9.94 Å². The summed E-state index contributed by atoms with van der Waals surface area (Å²) in [5.74, 6) is 1.55. The average Bonchev–Trinajstić information content (AvgIpc) is 3.08. The predicted molar refractivity (Wildman–Crippen MR) is 84.7 cm³/mol. The van der Waals surface area contributed by atoms with Crippen molar-refractivity contribution in [2.24, 2.45) is 10.6 Å². The Morgan fingerprint density at radius 3 is 2.83 bits per heavy atom. The van der Waals surface area contributed by atoms with E-state index in [2.05, 4.69) is 32.7 Å². The van der Waals surface area contributed by atoms with E-state index < -0.39 is 0 Å². The number of ether oxygens (including phenoxy) is 1. The third kappa shape index (κ3) is 3.67.